The highest BCUT2D eigenvalue weighted by Gasteiger charge is 2.30. The SMILES string of the molecule is CC(C)Oc1nc(-c2ccc(C(F)(F)F)cc2)n(-c2ccc(NC(=O)CC(C)(C)C)cc2)n1. The third-order valence-electron chi connectivity index (χ3n) is 4.49. The highest BCUT2D eigenvalue weighted by atomic mass is 19.4. The van der Waals surface area contributed by atoms with E-state index in [1.807, 2.05) is 34.6 Å². The Hall–Kier alpha value is -3.36. The van der Waals surface area contributed by atoms with Gasteiger partial charge in [0.15, 0.2) is 5.82 Å². The summed E-state index contributed by atoms with van der Waals surface area (Å²) in [5, 5.41) is 7.24. The molecule has 6 nitrogen and oxygen atoms in total. The summed E-state index contributed by atoms with van der Waals surface area (Å²) in [5.41, 5.74) is 0.823. The van der Waals surface area contributed by atoms with Gasteiger partial charge >= 0.3 is 12.2 Å². The number of alkyl halides is 3. The van der Waals surface area contributed by atoms with Crippen LogP contribution in [-0.4, -0.2) is 26.8 Å². The molecule has 0 aliphatic rings. The van der Waals surface area contributed by atoms with Gasteiger partial charge in [0.05, 0.1) is 17.4 Å². The number of amides is 1. The number of halogens is 3. The number of anilines is 1. The summed E-state index contributed by atoms with van der Waals surface area (Å²) in [7, 11) is 0. The first-order chi connectivity index (χ1) is 15.3. The first kappa shape index (κ1) is 24.3. The topological polar surface area (TPSA) is 69.0 Å². The van der Waals surface area contributed by atoms with Gasteiger partial charge in [-0.25, -0.2) is 4.68 Å². The van der Waals surface area contributed by atoms with E-state index in [2.05, 4.69) is 15.4 Å². The number of hydrogen-bond donors (Lipinski definition) is 1. The van der Waals surface area contributed by atoms with E-state index in [1.54, 1.807) is 24.3 Å². The summed E-state index contributed by atoms with van der Waals surface area (Å²) in [6.07, 6.45) is -4.22. The highest BCUT2D eigenvalue weighted by Crippen LogP contribution is 2.32. The van der Waals surface area contributed by atoms with Crippen molar-refractivity contribution < 1.29 is 22.7 Å². The molecule has 2 aromatic carbocycles. The summed E-state index contributed by atoms with van der Waals surface area (Å²) in [6.45, 7) is 9.61. The molecule has 1 amide bonds. The van der Waals surface area contributed by atoms with E-state index in [0.29, 0.717) is 29.2 Å². The van der Waals surface area contributed by atoms with Crippen molar-refractivity contribution in [3.63, 3.8) is 0 Å². The second-order valence-corrected chi connectivity index (χ2v) is 9.20. The van der Waals surface area contributed by atoms with Crippen molar-refractivity contribution in [2.24, 2.45) is 5.41 Å². The van der Waals surface area contributed by atoms with Gasteiger partial charge < -0.3 is 10.1 Å². The molecule has 0 aliphatic carbocycles. The quantitative estimate of drug-likeness (QED) is 0.482. The predicted molar refractivity (Wildman–Crippen MR) is 120 cm³/mol. The molecule has 33 heavy (non-hydrogen) atoms. The first-order valence-electron chi connectivity index (χ1n) is 10.5. The Labute approximate surface area is 190 Å². The number of carbonyl (C=O) groups is 1. The minimum absolute atomic E-state index is 0.0888. The Balaban J connectivity index is 1.92. The lowest BCUT2D eigenvalue weighted by Crippen LogP contribution is -2.19. The second kappa shape index (κ2) is 9.25. The molecule has 1 heterocycles. The third-order valence-corrected chi connectivity index (χ3v) is 4.49. The van der Waals surface area contributed by atoms with Crippen molar-refractivity contribution in [2.45, 2.75) is 53.3 Å². The number of hydrogen-bond acceptors (Lipinski definition) is 4. The molecule has 0 aliphatic heterocycles. The Bertz CT molecular complexity index is 1100. The van der Waals surface area contributed by atoms with Crippen molar-refractivity contribution >= 4 is 11.6 Å². The van der Waals surface area contributed by atoms with Gasteiger partial charge in [-0.05, 0) is 55.7 Å². The molecule has 0 saturated heterocycles. The van der Waals surface area contributed by atoms with Crippen LogP contribution in [0.25, 0.3) is 17.1 Å². The monoisotopic (exact) mass is 460 g/mol. The number of benzene rings is 2. The molecule has 0 bridgehead atoms. The zero-order valence-corrected chi connectivity index (χ0v) is 19.2. The van der Waals surface area contributed by atoms with Crippen molar-refractivity contribution in [3.05, 3.63) is 54.1 Å². The average molecular weight is 461 g/mol. The van der Waals surface area contributed by atoms with Gasteiger partial charge in [0, 0.05) is 17.7 Å². The van der Waals surface area contributed by atoms with E-state index in [9.17, 15) is 18.0 Å². The zero-order valence-electron chi connectivity index (χ0n) is 19.2. The lowest BCUT2D eigenvalue weighted by Gasteiger charge is -2.17. The maximum atomic E-state index is 12.9. The van der Waals surface area contributed by atoms with E-state index < -0.39 is 11.7 Å². The second-order valence-electron chi connectivity index (χ2n) is 9.20. The molecule has 176 valence electrons. The van der Waals surface area contributed by atoms with Gasteiger partial charge in [0.1, 0.15) is 0 Å². The molecule has 0 spiro atoms. The molecule has 0 unspecified atom stereocenters. The Morgan fingerprint density at radius 1 is 1.03 bits per heavy atom. The third kappa shape index (κ3) is 6.57. The largest absolute Gasteiger partial charge is 0.460 e. The van der Waals surface area contributed by atoms with Gasteiger partial charge in [-0.15, -0.1) is 5.10 Å². The van der Waals surface area contributed by atoms with Gasteiger partial charge in [-0.3, -0.25) is 4.79 Å². The molecular formula is C24H27F3N4O2. The van der Waals surface area contributed by atoms with Crippen LogP contribution in [0, 0.1) is 5.41 Å². The maximum Gasteiger partial charge on any atom is 0.416 e. The van der Waals surface area contributed by atoms with E-state index >= 15 is 0 Å². The fraction of sp³-hybridized carbons (Fsp3) is 0.375. The molecule has 0 atom stereocenters. The van der Waals surface area contributed by atoms with Crippen molar-refractivity contribution in [2.75, 3.05) is 5.32 Å². The van der Waals surface area contributed by atoms with Crippen molar-refractivity contribution in [1.29, 1.82) is 0 Å². The minimum Gasteiger partial charge on any atom is -0.460 e. The van der Waals surface area contributed by atoms with E-state index in [4.69, 9.17) is 4.74 Å². The van der Waals surface area contributed by atoms with Gasteiger partial charge in [0.2, 0.25) is 5.91 Å². The smallest absolute Gasteiger partial charge is 0.416 e. The lowest BCUT2D eigenvalue weighted by atomic mass is 9.92. The van der Waals surface area contributed by atoms with Crippen molar-refractivity contribution in [1.82, 2.24) is 14.8 Å². The molecule has 9 heteroatoms. The van der Waals surface area contributed by atoms with E-state index in [0.717, 1.165) is 12.1 Å². The van der Waals surface area contributed by atoms with Crippen LogP contribution >= 0.6 is 0 Å². The molecular weight excluding hydrogens is 433 g/mol. The predicted octanol–water partition coefficient (Wildman–Crippen LogP) is 6.12. The number of rotatable bonds is 6. The summed E-state index contributed by atoms with van der Waals surface area (Å²) in [6, 6.07) is 11.8. The van der Waals surface area contributed by atoms with Crippen LogP contribution in [0.4, 0.5) is 18.9 Å². The Kier molecular flexibility index (Phi) is 6.81. The van der Waals surface area contributed by atoms with Gasteiger partial charge in [0.25, 0.3) is 0 Å². The van der Waals surface area contributed by atoms with Crippen LogP contribution in [0.3, 0.4) is 0 Å². The fourth-order valence-electron chi connectivity index (χ4n) is 3.10. The summed E-state index contributed by atoms with van der Waals surface area (Å²) in [4.78, 5) is 16.6. The van der Waals surface area contributed by atoms with Gasteiger partial charge in [-0.2, -0.15) is 18.2 Å². The zero-order chi connectivity index (χ0) is 24.4. The van der Waals surface area contributed by atoms with Gasteiger partial charge in [-0.1, -0.05) is 32.9 Å². The highest BCUT2D eigenvalue weighted by molar-refractivity contribution is 5.91. The lowest BCUT2D eigenvalue weighted by molar-refractivity contribution is -0.137. The normalized spacial score (nSPS) is 12.2. The van der Waals surface area contributed by atoms with E-state index in [-0.39, 0.29) is 23.4 Å². The van der Waals surface area contributed by atoms with Crippen LogP contribution < -0.4 is 10.1 Å². The summed E-state index contributed by atoms with van der Waals surface area (Å²) in [5.74, 6) is 0.248. The van der Waals surface area contributed by atoms with Crippen LogP contribution in [0.2, 0.25) is 0 Å². The van der Waals surface area contributed by atoms with Crippen LogP contribution in [0.1, 0.15) is 46.6 Å². The summed E-state index contributed by atoms with van der Waals surface area (Å²) >= 11 is 0. The van der Waals surface area contributed by atoms with Crippen LogP contribution in [0.5, 0.6) is 6.01 Å². The number of nitrogens with zero attached hydrogens (tertiary/aromatic N) is 3. The Morgan fingerprint density at radius 3 is 2.15 bits per heavy atom. The molecule has 0 fully saturated rings. The van der Waals surface area contributed by atoms with Crippen molar-refractivity contribution in [3.8, 4) is 23.1 Å². The molecule has 0 saturated carbocycles. The Morgan fingerprint density at radius 2 is 1.64 bits per heavy atom. The molecule has 0 radical (unpaired) electrons. The first-order valence-corrected chi connectivity index (χ1v) is 10.5. The molecule has 1 N–H and O–H groups in total. The molecule has 3 aromatic rings. The number of carbonyl (C=O) groups excluding carboxylic acids is 1. The number of aromatic nitrogens is 3. The number of ether oxygens (including phenoxy) is 1. The van der Waals surface area contributed by atoms with Crippen LogP contribution in [-0.2, 0) is 11.0 Å². The average Bonchev–Trinajstić information content (AvgIpc) is 3.09. The maximum absolute atomic E-state index is 12.9. The van der Waals surface area contributed by atoms with E-state index in [1.165, 1.54) is 16.8 Å². The fourth-order valence-corrected chi connectivity index (χ4v) is 3.10. The van der Waals surface area contributed by atoms with Crippen LogP contribution in [0.15, 0.2) is 48.5 Å². The molecule has 1 aromatic heterocycles. The standard InChI is InChI=1S/C24H27F3N4O2/c1-15(2)33-22-29-21(16-6-8-17(9-7-16)24(25,26)27)31(30-22)19-12-10-18(11-13-19)28-20(32)14-23(3,4)5/h6-13,15H,14H2,1-5H3,(H,28,32). The summed E-state index contributed by atoms with van der Waals surface area (Å²) < 4.78 is 45.9. The minimum atomic E-state index is -4.43. The number of nitrogens with one attached hydrogen (secondary N) is 1. The molecule has 3 rings (SSSR count).